The van der Waals surface area contributed by atoms with E-state index in [0.717, 1.165) is 16.5 Å². The van der Waals surface area contributed by atoms with Crippen LogP contribution in [0.4, 0.5) is 5.69 Å². The van der Waals surface area contributed by atoms with E-state index in [-0.39, 0.29) is 47.2 Å². The summed E-state index contributed by atoms with van der Waals surface area (Å²) in [5, 5.41) is 19.9. The molecule has 3 aromatic rings. The molecule has 0 fully saturated rings. The minimum absolute atomic E-state index is 0. The van der Waals surface area contributed by atoms with Crippen LogP contribution in [0.25, 0.3) is 21.3 Å². The van der Waals surface area contributed by atoms with Crippen molar-refractivity contribution in [2.75, 3.05) is 6.54 Å². The van der Waals surface area contributed by atoms with Gasteiger partial charge in [0.25, 0.3) is 5.91 Å². The number of amides is 2. The standard InChI is InChI=1S/C20H18N6O4.Na/c21-26-25-16-8-4-2-6-14(16)19(29)24-17(20(30)23-11-18(27)28)9-12-10-22-15-7-3-1-5-13(12)15;/h1-8,10,17,22H,9,11H2,(H,23,30)(H,24,29)(H,27,28);/q;+1/p-1/t17-;/m0./s1. The van der Waals surface area contributed by atoms with Gasteiger partial charge in [-0.2, -0.15) is 0 Å². The minimum atomic E-state index is -1.45. The first kappa shape index (κ1) is 24.0. The predicted molar refractivity (Wildman–Crippen MR) is 107 cm³/mol. The zero-order chi connectivity index (χ0) is 21.5. The van der Waals surface area contributed by atoms with Gasteiger partial charge in [-0.3, -0.25) is 9.59 Å². The molecule has 1 atom stereocenters. The molecule has 0 spiro atoms. The minimum Gasteiger partial charge on any atom is -0.548 e. The number of benzene rings is 2. The van der Waals surface area contributed by atoms with Crippen molar-refractivity contribution in [1.29, 1.82) is 0 Å². The summed E-state index contributed by atoms with van der Waals surface area (Å²) < 4.78 is 0. The van der Waals surface area contributed by atoms with Crippen molar-refractivity contribution >= 4 is 34.4 Å². The average molecular weight is 428 g/mol. The number of fused-ring (bicyclic) bond motifs is 1. The van der Waals surface area contributed by atoms with E-state index < -0.39 is 30.4 Å². The molecule has 0 saturated heterocycles. The van der Waals surface area contributed by atoms with E-state index in [1.54, 1.807) is 18.3 Å². The quantitative estimate of drug-likeness (QED) is 0.169. The van der Waals surface area contributed by atoms with Crippen molar-refractivity contribution in [1.82, 2.24) is 15.6 Å². The Kier molecular flexibility index (Phi) is 8.65. The molecular formula is C20H17N6NaO4. The van der Waals surface area contributed by atoms with E-state index in [1.165, 1.54) is 12.1 Å². The molecule has 2 aromatic carbocycles. The second-order valence-corrected chi connectivity index (χ2v) is 6.39. The summed E-state index contributed by atoms with van der Waals surface area (Å²) in [5.41, 5.74) is 10.5. The van der Waals surface area contributed by atoms with Crippen molar-refractivity contribution in [3.05, 3.63) is 76.3 Å². The number of para-hydroxylation sites is 1. The van der Waals surface area contributed by atoms with Crippen LogP contribution in [-0.2, 0) is 16.0 Å². The number of hydrogen-bond donors (Lipinski definition) is 3. The van der Waals surface area contributed by atoms with Crippen LogP contribution in [0.3, 0.4) is 0 Å². The van der Waals surface area contributed by atoms with Gasteiger partial charge in [-0.05, 0) is 23.2 Å². The van der Waals surface area contributed by atoms with Crippen LogP contribution >= 0.6 is 0 Å². The Bertz CT molecular complexity index is 1160. The number of nitrogens with zero attached hydrogens (tertiary/aromatic N) is 3. The summed E-state index contributed by atoms with van der Waals surface area (Å²) in [6.45, 7) is -0.686. The van der Waals surface area contributed by atoms with Gasteiger partial charge in [-0.1, -0.05) is 41.5 Å². The molecule has 31 heavy (non-hydrogen) atoms. The number of aromatic nitrogens is 1. The fourth-order valence-electron chi connectivity index (χ4n) is 3.05. The maximum absolute atomic E-state index is 12.8. The fraction of sp³-hybridized carbons (Fsp3) is 0.150. The fourth-order valence-corrected chi connectivity index (χ4v) is 3.05. The summed E-state index contributed by atoms with van der Waals surface area (Å²) in [5.74, 6) is -2.76. The Hall–Kier alpha value is -3.30. The number of hydrogen-bond acceptors (Lipinski definition) is 5. The van der Waals surface area contributed by atoms with Crippen LogP contribution in [0.1, 0.15) is 15.9 Å². The van der Waals surface area contributed by atoms with E-state index in [1.807, 2.05) is 24.3 Å². The van der Waals surface area contributed by atoms with E-state index in [2.05, 4.69) is 25.6 Å². The van der Waals surface area contributed by atoms with Crippen LogP contribution in [-0.4, -0.2) is 35.4 Å². The molecule has 0 radical (unpaired) electrons. The average Bonchev–Trinajstić information content (AvgIpc) is 3.15. The van der Waals surface area contributed by atoms with Gasteiger partial charge in [0.1, 0.15) is 6.04 Å². The third kappa shape index (κ3) is 6.09. The first-order valence-corrected chi connectivity index (χ1v) is 8.97. The smallest absolute Gasteiger partial charge is 0.548 e. The molecular weight excluding hydrogens is 411 g/mol. The Labute approximate surface area is 198 Å². The molecule has 10 nitrogen and oxygen atoms in total. The van der Waals surface area contributed by atoms with Gasteiger partial charge in [0.15, 0.2) is 0 Å². The number of carbonyl (C=O) groups excluding carboxylic acids is 3. The van der Waals surface area contributed by atoms with Gasteiger partial charge in [0, 0.05) is 34.0 Å². The maximum Gasteiger partial charge on any atom is 1.00 e. The van der Waals surface area contributed by atoms with E-state index >= 15 is 0 Å². The third-order valence-electron chi connectivity index (χ3n) is 4.43. The van der Waals surface area contributed by atoms with E-state index in [9.17, 15) is 19.5 Å². The molecule has 1 heterocycles. The molecule has 0 aliphatic carbocycles. The maximum atomic E-state index is 12.8. The first-order chi connectivity index (χ1) is 14.5. The van der Waals surface area contributed by atoms with Crippen LogP contribution in [0.2, 0.25) is 0 Å². The van der Waals surface area contributed by atoms with Crippen LogP contribution in [0.5, 0.6) is 0 Å². The Balaban J connectivity index is 0.00000341. The van der Waals surface area contributed by atoms with Gasteiger partial charge in [-0.15, -0.1) is 0 Å². The zero-order valence-corrected chi connectivity index (χ0v) is 18.7. The topological polar surface area (TPSA) is 163 Å². The molecule has 3 N–H and O–H groups in total. The first-order valence-electron chi connectivity index (χ1n) is 8.97. The molecule has 3 rings (SSSR count). The molecule has 0 aliphatic rings. The number of carboxylic acid groups (broad SMARTS) is 1. The van der Waals surface area contributed by atoms with Gasteiger partial charge < -0.3 is 25.5 Å². The summed E-state index contributed by atoms with van der Waals surface area (Å²) in [6.07, 6.45) is 1.84. The number of carbonyl (C=O) groups is 3. The molecule has 0 aliphatic heterocycles. The molecule has 2 amide bonds. The van der Waals surface area contributed by atoms with Crippen molar-refractivity contribution < 1.29 is 49.0 Å². The number of rotatable bonds is 8. The van der Waals surface area contributed by atoms with Crippen LogP contribution in [0, 0.1) is 0 Å². The molecule has 1 aromatic heterocycles. The number of aromatic amines is 1. The van der Waals surface area contributed by atoms with Gasteiger partial charge >= 0.3 is 29.6 Å². The summed E-state index contributed by atoms with van der Waals surface area (Å²) in [4.78, 5) is 41.9. The molecule has 0 bridgehead atoms. The van der Waals surface area contributed by atoms with Gasteiger partial charge in [0.2, 0.25) is 5.91 Å². The third-order valence-corrected chi connectivity index (χ3v) is 4.43. The molecule has 152 valence electrons. The largest absolute Gasteiger partial charge is 1.00 e. The van der Waals surface area contributed by atoms with E-state index in [4.69, 9.17) is 5.53 Å². The van der Waals surface area contributed by atoms with Crippen molar-refractivity contribution in [2.24, 2.45) is 5.11 Å². The second kappa shape index (κ2) is 11.2. The normalized spacial score (nSPS) is 11.0. The Morgan fingerprint density at radius 3 is 2.58 bits per heavy atom. The van der Waals surface area contributed by atoms with Crippen molar-refractivity contribution in [3.8, 4) is 0 Å². The van der Waals surface area contributed by atoms with Crippen molar-refractivity contribution in [2.45, 2.75) is 12.5 Å². The Morgan fingerprint density at radius 1 is 1.13 bits per heavy atom. The number of aliphatic carboxylic acids is 1. The van der Waals surface area contributed by atoms with Crippen molar-refractivity contribution in [3.63, 3.8) is 0 Å². The molecule has 11 heteroatoms. The number of nitrogens with one attached hydrogen (secondary N) is 3. The molecule has 0 saturated carbocycles. The van der Waals surface area contributed by atoms with E-state index in [0.29, 0.717) is 0 Å². The monoisotopic (exact) mass is 428 g/mol. The number of carboxylic acids is 1. The Morgan fingerprint density at radius 2 is 1.84 bits per heavy atom. The zero-order valence-electron chi connectivity index (χ0n) is 16.7. The van der Waals surface area contributed by atoms with Crippen LogP contribution < -0.4 is 45.3 Å². The SMILES string of the molecule is [N-]=[N+]=Nc1ccccc1C(=O)N[C@@H](Cc1c[nH]c2ccccc12)C(=O)NCC(=O)[O-].[Na+]. The summed E-state index contributed by atoms with van der Waals surface area (Å²) in [6, 6.07) is 12.5. The summed E-state index contributed by atoms with van der Waals surface area (Å²) >= 11 is 0. The van der Waals surface area contributed by atoms with Gasteiger partial charge in [-0.25, -0.2) is 0 Å². The summed E-state index contributed by atoms with van der Waals surface area (Å²) in [7, 11) is 0. The predicted octanol–water partition coefficient (Wildman–Crippen LogP) is -1.68. The second-order valence-electron chi connectivity index (χ2n) is 6.39. The number of azide groups is 1. The van der Waals surface area contributed by atoms with Gasteiger partial charge in [0.05, 0.1) is 18.2 Å². The number of H-pyrrole nitrogens is 1. The molecule has 0 unspecified atom stereocenters. The van der Waals surface area contributed by atoms with Crippen LogP contribution in [0.15, 0.2) is 59.8 Å².